The third-order valence-corrected chi connectivity index (χ3v) is 4.70. The van der Waals surface area contributed by atoms with Crippen LogP contribution in [0.25, 0.3) is 0 Å². The fourth-order valence-corrected chi connectivity index (χ4v) is 2.78. The van der Waals surface area contributed by atoms with Gasteiger partial charge in [0.05, 0.1) is 4.90 Å². The fourth-order valence-electron chi connectivity index (χ4n) is 1.74. The minimum Gasteiger partial charge on any atom is -0.347 e. The summed E-state index contributed by atoms with van der Waals surface area (Å²) in [7, 11) is -3.24. The normalized spacial score (nSPS) is 14.6. The van der Waals surface area contributed by atoms with Crippen molar-refractivity contribution in [3.63, 3.8) is 0 Å². The van der Waals surface area contributed by atoms with E-state index < -0.39 is 9.84 Å². The third-order valence-electron chi connectivity index (χ3n) is 3.39. The first-order valence-corrected chi connectivity index (χ1v) is 8.83. The van der Waals surface area contributed by atoms with Gasteiger partial charge in [0.2, 0.25) is 0 Å². The summed E-state index contributed by atoms with van der Waals surface area (Å²) in [5.74, 6) is 0.247. The van der Waals surface area contributed by atoms with Crippen LogP contribution in [-0.4, -0.2) is 32.0 Å². The van der Waals surface area contributed by atoms with Gasteiger partial charge in [-0.15, -0.1) is 11.6 Å². The van der Waals surface area contributed by atoms with E-state index in [0.29, 0.717) is 17.9 Å². The minimum absolute atomic E-state index is 0.202. The maximum absolute atomic E-state index is 12.2. The number of alkyl halides is 1. The van der Waals surface area contributed by atoms with E-state index >= 15 is 0 Å². The van der Waals surface area contributed by atoms with Gasteiger partial charge in [-0.1, -0.05) is 6.92 Å². The van der Waals surface area contributed by atoms with Crippen LogP contribution in [0.2, 0.25) is 0 Å². The number of carbonyl (C=O) groups is 1. The van der Waals surface area contributed by atoms with Gasteiger partial charge >= 0.3 is 0 Å². The molecule has 1 aromatic carbocycles. The summed E-state index contributed by atoms with van der Waals surface area (Å²) in [5.41, 5.74) is 0.0839. The summed E-state index contributed by atoms with van der Waals surface area (Å²) in [4.78, 5) is 12.4. The van der Waals surface area contributed by atoms with Gasteiger partial charge in [-0.2, -0.15) is 0 Å². The highest BCUT2D eigenvalue weighted by Crippen LogP contribution is 2.17. The first-order chi connectivity index (χ1) is 9.22. The standard InChI is InChI=1S/C14H20ClNO3S/c1-4-14(2,9-10-15)16-13(17)11-5-7-12(8-6-11)20(3,18)19/h5-8H,4,9-10H2,1-3H3,(H,16,17). The number of halogens is 1. The minimum atomic E-state index is -3.24. The highest BCUT2D eigenvalue weighted by molar-refractivity contribution is 7.90. The van der Waals surface area contributed by atoms with Gasteiger partial charge in [0.1, 0.15) is 0 Å². The molecule has 1 unspecified atom stereocenters. The molecule has 0 aliphatic carbocycles. The molecule has 4 nitrogen and oxygen atoms in total. The number of hydrogen-bond acceptors (Lipinski definition) is 3. The summed E-state index contributed by atoms with van der Waals surface area (Å²) < 4.78 is 22.7. The van der Waals surface area contributed by atoms with Gasteiger partial charge < -0.3 is 5.32 Å². The van der Waals surface area contributed by atoms with Gasteiger partial charge in [0, 0.05) is 23.2 Å². The third kappa shape index (κ3) is 4.49. The maximum Gasteiger partial charge on any atom is 0.251 e. The van der Waals surface area contributed by atoms with Crippen LogP contribution in [0.5, 0.6) is 0 Å². The average molecular weight is 318 g/mol. The average Bonchev–Trinajstić information content (AvgIpc) is 2.38. The zero-order valence-corrected chi connectivity index (χ0v) is 13.5. The Morgan fingerprint density at radius 2 is 1.85 bits per heavy atom. The number of sulfone groups is 1. The van der Waals surface area contributed by atoms with Crippen molar-refractivity contribution >= 4 is 27.3 Å². The number of benzene rings is 1. The predicted octanol–water partition coefficient (Wildman–Crippen LogP) is 2.62. The molecule has 20 heavy (non-hydrogen) atoms. The molecule has 0 bridgehead atoms. The molecule has 0 spiro atoms. The van der Waals surface area contributed by atoms with Crippen molar-refractivity contribution < 1.29 is 13.2 Å². The van der Waals surface area contributed by atoms with Crippen LogP contribution in [0.1, 0.15) is 37.0 Å². The second-order valence-electron chi connectivity index (χ2n) is 5.10. The van der Waals surface area contributed by atoms with E-state index in [1.807, 2.05) is 13.8 Å². The first kappa shape index (κ1) is 17.0. The van der Waals surface area contributed by atoms with Crippen molar-refractivity contribution in [3.05, 3.63) is 29.8 Å². The molecule has 0 aliphatic heterocycles. The van der Waals surface area contributed by atoms with Gasteiger partial charge in [0.15, 0.2) is 9.84 Å². The van der Waals surface area contributed by atoms with Crippen molar-refractivity contribution in [2.45, 2.75) is 37.1 Å². The largest absolute Gasteiger partial charge is 0.347 e. The lowest BCUT2D eigenvalue weighted by molar-refractivity contribution is 0.0901. The Bertz CT molecular complexity index is 569. The van der Waals surface area contributed by atoms with Crippen LogP contribution >= 0.6 is 11.6 Å². The summed E-state index contributed by atoms with van der Waals surface area (Å²) in [6, 6.07) is 5.91. The van der Waals surface area contributed by atoms with Crippen molar-refractivity contribution in [2.24, 2.45) is 0 Å². The van der Waals surface area contributed by atoms with Crippen molar-refractivity contribution in [1.82, 2.24) is 5.32 Å². The van der Waals surface area contributed by atoms with Gasteiger partial charge in [0.25, 0.3) is 5.91 Å². The van der Waals surface area contributed by atoms with Gasteiger partial charge in [-0.3, -0.25) is 4.79 Å². The second-order valence-corrected chi connectivity index (χ2v) is 7.50. The van der Waals surface area contributed by atoms with Crippen LogP contribution in [0, 0.1) is 0 Å². The van der Waals surface area contributed by atoms with E-state index in [2.05, 4.69) is 5.32 Å². The van der Waals surface area contributed by atoms with Crippen molar-refractivity contribution in [3.8, 4) is 0 Å². The van der Waals surface area contributed by atoms with Crippen LogP contribution < -0.4 is 5.32 Å². The lowest BCUT2D eigenvalue weighted by Crippen LogP contribution is -2.45. The Kier molecular flexibility index (Phi) is 5.59. The van der Waals surface area contributed by atoms with Crippen LogP contribution in [0.4, 0.5) is 0 Å². The molecule has 1 amide bonds. The van der Waals surface area contributed by atoms with Crippen LogP contribution in [0.3, 0.4) is 0 Å². The molecule has 0 radical (unpaired) electrons. The SMILES string of the molecule is CCC(C)(CCCl)NC(=O)c1ccc(S(C)(=O)=O)cc1. The zero-order valence-electron chi connectivity index (χ0n) is 11.9. The first-order valence-electron chi connectivity index (χ1n) is 6.40. The summed E-state index contributed by atoms with van der Waals surface area (Å²) in [6.45, 7) is 3.93. The molecule has 1 atom stereocenters. The molecule has 0 aromatic heterocycles. The number of rotatable bonds is 6. The number of hydrogen-bond donors (Lipinski definition) is 1. The quantitative estimate of drug-likeness (QED) is 0.820. The van der Waals surface area contributed by atoms with E-state index in [-0.39, 0.29) is 16.3 Å². The number of amides is 1. The lowest BCUT2D eigenvalue weighted by Gasteiger charge is -2.29. The highest BCUT2D eigenvalue weighted by atomic mass is 35.5. The van der Waals surface area contributed by atoms with Crippen LogP contribution in [0.15, 0.2) is 29.2 Å². The topological polar surface area (TPSA) is 63.2 Å². The molecule has 112 valence electrons. The van der Waals surface area contributed by atoms with E-state index in [1.54, 1.807) is 0 Å². The molecular weight excluding hydrogens is 298 g/mol. The monoisotopic (exact) mass is 317 g/mol. The molecule has 6 heteroatoms. The van der Waals surface area contributed by atoms with Crippen LogP contribution in [-0.2, 0) is 9.84 Å². The maximum atomic E-state index is 12.2. The highest BCUT2D eigenvalue weighted by Gasteiger charge is 2.24. The fraction of sp³-hybridized carbons (Fsp3) is 0.500. The Morgan fingerprint density at radius 3 is 2.25 bits per heavy atom. The van der Waals surface area contributed by atoms with Crippen molar-refractivity contribution in [2.75, 3.05) is 12.1 Å². The van der Waals surface area contributed by atoms with E-state index in [4.69, 9.17) is 11.6 Å². The van der Waals surface area contributed by atoms with Crippen molar-refractivity contribution in [1.29, 1.82) is 0 Å². The van der Waals surface area contributed by atoms with Gasteiger partial charge in [-0.05, 0) is 44.0 Å². The Labute approximate surface area is 125 Å². The zero-order chi connectivity index (χ0) is 15.4. The molecule has 0 fully saturated rings. The Hall–Kier alpha value is -1.07. The second kappa shape index (κ2) is 6.59. The molecule has 0 saturated heterocycles. The smallest absolute Gasteiger partial charge is 0.251 e. The molecule has 1 N–H and O–H groups in total. The molecule has 0 saturated carbocycles. The van der Waals surface area contributed by atoms with E-state index in [0.717, 1.165) is 12.7 Å². The summed E-state index contributed by atoms with van der Waals surface area (Å²) in [5, 5.41) is 2.95. The Morgan fingerprint density at radius 1 is 1.30 bits per heavy atom. The van der Waals surface area contributed by atoms with Gasteiger partial charge in [-0.25, -0.2) is 8.42 Å². The number of nitrogens with one attached hydrogen (secondary N) is 1. The summed E-state index contributed by atoms with van der Waals surface area (Å²) in [6.07, 6.45) is 2.59. The predicted molar refractivity (Wildman–Crippen MR) is 81.1 cm³/mol. The molecule has 1 aromatic rings. The van der Waals surface area contributed by atoms with E-state index in [1.165, 1.54) is 24.3 Å². The lowest BCUT2D eigenvalue weighted by atomic mass is 9.95. The summed E-state index contributed by atoms with van der Waals surface area (Å²) >= 11 is 5.75. The molecule has 1 rings (SSSR count). The molecule has 0 aliphatic rings. The Balaban J connectivity index is 2.88. The molecule has 0 heterocycles. The number of carbonyl (C=O) groups excluding carboxylic acids is 1. The molecular formula is C14H20ClNO3S. The van der Waals surface area contributed by atoms with E-state index in [9.17, 15) is 13.2 Å².